The zero-order valence-corrected chi connectivity index (χ0v) is 17.6. The lowest BCUT2D eigenvalue weighted by molar-refractivity contribution is 0.101. The highest BCUT2D eigenvalue weighted by atomic mass is 35.5. The monoisotopic (exact) mass is 437 g/mol. The summed E-state index contributed by atoms with van der Waals surface area (Å²) in [6, 6.07) is 13.2. The smallest absolute Gasteiger partial charge is 0.243 e. The third-order valence-corrected chi connectivity index (χ3v) is 7.05. The van der Waals surface area contributed by atoms with E-state index in [4.69, 9.17) is 23.8 Å². The molecule has 6 nitrogen and oxygen atoms in total. The standard InChI is InChI=1S/C19H20ClN3O3S2/c1-14(24)15-2-6-17(7-3-15)21-19(27)22-10-12-23(13-11-22)28(25,26)18-8-4-16(20)5-9-18/h2-9H,10-13H2,1H3,(H,21,27). The molecule has 1 heterocycles. The third-order valence-electron chi connectivity index (χ3n) is 4.52. The van der Waals surface area contributed by atoms with Crippen LogP contribution in [0.4, 0.5) is 5.69 Å². The number of carbonyl (C=O) groups is 1. The van der Waals surface area contributed by atoms with Crippen LogP contribution < -0.4 is 5.32 Å². The minimum Gasteiger partial charge on any atom is -0.346 e. The van der Waals surface area contributed by atoms with Crippen molar-refractivity contribution in [3.05, 3.63) is 59.1 Å². The fourth-order valence-electron chi connectivity index (χ4n) is 2.88. The molecule has 0 aliphatic carbocycles. The van der Waals surface area contributed by atoms with Gasteiger partial charge in [0, 0.05) is 42.5 Å². The highest BCUT2D eigenvalue weighted by Crippen LogP contribution is 2.20. The fourth-order valence-corrected chi connectivity index (χ4v) is 4.73. The van der Waals surface area contributed by atoms with Crippen LogP contribution in [0.1, 0.15) is 17.3 Å². The number of piperazine rings is 1. The maximum Gasteiger partial charge on any atom is 0.243 e. The van der Waals surface area contributed by atoms with Crippen LogP contribution in [0.15, 0.2) is 53.4 Å². The Hall–Kier alpha value is -2.00. The van der Waals surface area contributed by atoms with Gasteiger partial charge in [0.15, 0.2) is 10.9 Å². The molecule has 148 valence electrons. The number of benzene rings is 2. The average molecular weight is 438 g/mol. The molecule has 0 saturated carbocycles. The number of sulfonamides is 1. The molecule has 1 N–H and O–H groups in total. The number of thiocarbonyl (C=S) groups is 1. The molecule has 0 unspecified atom stereocenters. The third kappa shape index (κ3) is 4.70. The van der Waals surface area contributed by atoms with Gasteiger partial charge in [-0.15, -0.1) is 0 Å². The first-order chi connectivity index (χ1) is 13.3. The Morgan fingerprint density at radius 2 is 1.57 bits per heavy atom. The number of ketones is 1. The number of halogens is 1. The SMILES string of the molecule is CC(=O)c1ccc(NC(=S)N2CCN(S(=O)(=O)c3ccc(Cl)cc3)CC2)cc1. The second-order valence-electron chi connectivity index (χ2n) is 6.41. The summed E-state index contributed by atoms with van der Waals surface area (Å²) in [6.07, 6.45) is 0. The maximum absolute atomic E-state index is 12.7. The summed E-state index contributed by atoms with van der Waals surface area (Å²) in [5, 5.41) is 4.16. The number of hydrogen-bond acceptors (Lipinski definition) is 4. The first-order valence-corrected chi connectivity index (χ1v) is 10.9. The van der Waals surface area contributed by atoms with E-state index in [-0.39, 0.29) is 10.7 Å². The van der Waals surface area contributed by atoms with Crippen LogP contribution in [0.2, 0.25) is 5.02 Å². The maximum atomic E-state index is 12.7. The second-order valence-corrected chi connectivity index (χ2v) is 9.17. The number of carbonyl (C=O) groups excluding carboxylic acids is 1. The Bertz CT molecular complexity index is 968. The molecular weight excluding hydrogens is 418 g/mol. The van der Waals surface area contributed by atoms with Crippen molar-refractivity contribution in [1.82, 2.24) is 9.21 Å². The predicted octanol–water partition coefficient (Wildman–Crippen LogP) is 3.25. The Balaban J connectivity index is 1.59. The Morgan fingerprint density at radius 3 is 2.11 bits per heavy atom. The van der Waals surface area contributed by atoms with E-state index in [1.54, 1.807) is 36.4 Å². The number of Topliss-reactive ketones (excluding diaryl/α,β-unsaturated/α-hetero) is 1. The predicted molar refractivity (Wildman–Crippen MR) is 114 cm³/mol. The summed E-state index contributed by atoms with van der Waals surface area (Å²) >= 11 is 11.3. The quantitative estimate of drug-likeness (QED) is 0.585. The second kappa shape index (κ2) is 8.57. The number of nitrogens with one attached hydrogen (secondary N) is 1. The van der Waals surface area contributed by atoms with Crippen molar-refractivity contribution in [3.63, 3.8) is 0 Å². The van der Waals surface area contributed by atoms with Crippen molar-refractivity contribution in [2.24, 2.45) is 0 Å². The molecule has 1 saturated heterocycles. The molecular formula is C19H20ClN3O3S2. The molecule has 0 aromatic heterocycles. The van der Waals surface area contributed by atoms with Crippen LogP contribution >= 0.6 is 23.8 Å². The van der Waals surface area contributed by atoms with Crippen LogP contribution in [-0.4, -0.2) is 54.7 Å². The number of hydrogen-bond donors (Lipinski definition) is 1. The number of rotatable bonds is 4. The van der Waals surface area contributed by atoms with E-state index in [9.17, 15) is 13.2 Å². The van der Waals surface area contributed by atoms with Crippen molar-refractivity contribution in [1.29, 1.82) is 0 Å². The van der Waals surface area contributed by atoms with Gasteiger partial charge in [-0.3, -0.25) is 4.79 Å². The highest BCUT2D eigenvalue weighted by Gasteiger charge is 2.29. The molecule has 0 radical (unpaired) electrons. The van der Waals surface area contributed by atoms with E-state index >= 15 is 0 Å². The van der Waals surface area contributed by atoms with E-state index in [0.717, 1.165) is 5.69 Å². The largest absolute Gasteiger partial charge is 0.346 e. The Morgan fingerprint density at radius 1 is 1.00 bits per heavy atom. The van der Waals surface area contributed by atoms with E-state index in [0.29, 0.717) is 41.9 Å². The van der Waals surface area contributed by atoms with Gasteiger partial charge in [0.1, 0.15) is 0 Å². The molecule has 1 fully saturated rings. The Labute approximate surface area is 175 Å². The normalized spacial score (nSPS) is 15.3. The number of anilines is 1. The van der Waals surface area contributed by atoms with E-state index in [1.165, 1.54) is 23.4 Å². The summed E-state index contributed by atoms with van der Waals surface area (Å²) in [5.74, 6) is 0.00662. The van der Waals surface area contributed by atoms with Crippen LogP contribution in [0, 0.1) is 0 Å². The molecule has 0 bridgehead atoms. The lowest BCUT2D eigenvalue weighted by Crippen LogP contribution is -2.51. The minimum atomic E-state index is -3.55. The van der Waals surface area contributed by atoms with Gasteiger partial charge in [-0.05, 0) is 67.7 Å². The molecule has 0 amide bonds. The van der Waals surface area contributed by atoms with Crippen molar-refractivity contribution in [3.8, 4) is 0 Å². The summed E-state index contributed by atoms with van der Waals surface area (Å²) in [4.78, 5) is 13.5. The molecule has 28 heavy (non-hydrogen) atoms. The van der Waals surface area contributed by atoms with Gasteiger partial charge in [0.25, 0.3) is 0 Å². The molecule has 1 aliphatic rings. The van der Waals surface area contributed by atoms with Gasteiger partial charge in [0.05, 0.1) is 4.90 Å². The first-order valence-electron chi connectivity index (χ1n) is 8.70. The molecule has 2 aromatic carbocycles. The van der Waals surface area contributed by atoms with Gasteiger partial charge in [-0.2, -0.15) is 4.31 Å². The summed E-state index contributed by atoms with van der Waals surface area (Å²) in [5.41, 5.74) is 1.42. The minimum absolute atomic E-state index is 0.00662. The molecule has 0 spiro atoms. The molecule has 1 aliphatic heterocycles. The van der Waals surface area contributed by atoms with Gasteiger partial charge in [0.2, 0.25) is 10.0 Å². The lowest BCUT2D eigenvalue weighted by atomic mass is 10.1. The van der Waals surface area contributed by atoms with Gasteiger partial charge in [-0.25, -0.2) is 8.42 Å². The molecule has 9 heteroatoms. The van der Waals surface area contributed by atoms with Gasteiger partial charge < -0.3 is 10.2 Å². The first kappa shape index (κ1) is 20.7. The van der Waals surface area contributed by atoms with Crippen LogP contribution in [0.3, 0.4) is 0 Å². The Kier molecular flexibility index (Phi) is 6.34. The van der Waals surface area contributed by atoms with Crippen LogP contribution in [0.25, 0.3) is 0 Å². The van der Waals surface area contributed by atoms with Crippen molar-refractivity contribution >= 4 is 50.4 Å². The number of nitrogens with zero attached hydrogens (tertiary/aromatic N) is 2. The molecule has 0 atom stereocenters. The highest BCUT2D eigenvalue weighted by molar-refractivity contribution is 7.89. The van der Waals surface area contributed by atoms with E-state index < -0.39 is 10.0 Å². The van der Waals surface area contributed by atoms with Crippen molar-refractivity contribution in [2.45, 2.75) is 11.8 Å². The average Bonchev–Trinajstić information content (AvgIpc) is 2.69. The van der Waals surface area contributed by atoms with Crippen molar-refractivity contribution < 1.29 is 13.2 Å². The van der Waals surface area contributed by atoms with Crippen molar-refractivity contribution in [2.75, 3.05) is 31.5 Å². The van der Waals surface area contributed by atoms with E-state index in [2.05, 4.69) is 5.32 Å². The zero-order chi connectivity index (χ0) is 20.3. The summed E-state index contributed by atoms with van der Waals surface area (Å²) in [6.45, 7) is 3.19. The summed E-state index contributed by atoms with van der Waals surface area (Å²) in [7, 11) is -3.55. The molecule has 3 rings (SSSR count). The van der Waals surface area contributed by atoms with Crippen LogP contribution in [0.5, 0.6) is 0 Å². The zero-order valence-electron chi connectivity index (χ0n) is 15.3. The topological polar surface area (TPSA) is 69.7 Å². The fraction of sp³-hybridized carbons (Fsp3) is 0.263. The molecule has 2 aromatic rings. The van der Waals surface area contributed by atoms with Gasteiger partial charge in [-0.1, -0.05) is 11.6 Å². The van der Waals surface area contributed by atoms with Gasteiger partial charge >= 0.3 is 0 Å². The lowest BCUT2D eigenvalue weighted by Gasteiger charge is -2.35. The van der Waals surface area contributed by atoms with Crippen LogP contribution in [-0.2, 0) is 10.0 Å². The summed E-state index contributed by atoms with van der Waals surface area (Å²) < 4.78 is 26.9. The van der Waals surface area contributed by atoms with E-state index in [1.807, 2.05) is 4.90 Å².